The van der Waals surface area contributed by atoms with Gasteiger partial charge in [0.15, 0.2) is 17.4 Å². The third-order valence-electron chi connectivity index (χ3n) is 4.84. The number of aromatic nitrogens is 2. The Morgan fingerprint density at radius 1 is 1.11 bits per heavy atom. The quantitative estimate of drug-likeness (QED) is 0.369. The third kappa shape index (κ3) is 6.40. The number of nitrogens with one attached hydrogen (secondary N) is 4. The van der Waals surface area contributed by atoms with Gasteiger partial charge in [-0.2, -0.15) is 13.8 Å². The zero-order valence-electron chi connectivity index (χ0n) is 19.8. The number of nitrogens with zero attached hydrogens (tertiary/aromatic N) is 2. The van der Waals surface area contributed by atoms with Gasteiger partial charge in [-0.05, 0) is 42.3 Å². The molecule has 2 amide bonds. The molecule has 3 aromatic rings. The lowest BCUT2D eigenvalue weighted by atomic mass is 10.1. The van der Waals surface area contributed by atoms with E-state index in [1.165, 1.54) is 18.2 Å². The lowest BCUT2D eigenvalue weighted by molar-refractivity contribution is -0.189. The van der Waals surface area contributed by atoms with Gasteiger partial charge in [-0.3, -0.25) is 9.59 Å². The molecule has 190 valence electrons. The Kier molecular flexibility index (Phi) is 8.30. The number of benzene rings is 2. The number of halogens is 3. The molecule has 0 saturated heterocycles. The molecule has 36 heavy (non-hydrogen) atoms. The van der Waals surface area contributed by atoms with E-state index in [0.29, 0.717) is 18.5 Å². The van der Waals surface area contributed by atoms with Gasteiger partial charge in [-0.25, -0.2) is 9.37 Å². The average Bonchev–Trinajstić information content (AvgIpc) is 2.87. The summed E-state index contributed by atoms with van der Waals surface area (Å²) in [6.45, 7) is 4.00. The highest BCUT2D eigenvalue weighted by atomic mass is 19.3. The van der Waals surface area contributed by atoms with Crippen LogP contribution in [0.15, 0.2) is 48.7 Å². The van der Waals surface area contributed by atoms with Gasteiger partial charge in [-0.15, -0.1) is 0 Å². The molecule has 4 rings (SSSR count). The van der Waals surface area contributed by atoms with E-state index < -0.39 is 17.8 Å². The van der Waals surface area contributed by atoms with Gasteiger partial charge in [0.25, 0.3) is 0 Å². The second-order valence-electron chi connectivity index (χ2n) is 7.30. The van der Waals surface area contributed by atoms with Crippen LogP contribution < -0.4 is 26.0 Å². The first kappa shape index (κ1) is 26.3. The molecule has 12 heteroatoms. The highest BCUT2D eigenvalue weighted by molar-refractivity contribution is 5.99. The Balaban J connectivity index is 0.00000176. The van der Waals surface area contributed by atoms with E-state index in [2.05, 4.69) is 30.7 Å². The molecular weight excluding hydrogens is 477 g/mol. The Labute approximate surface area is 205 Å². The SMILES string of the molecule is CC.CNC(=O)CCc1cccc(Nc2ncc(F)c(Nc3ccc4c(c3)NC(=O)C(F)(F)O4)n2)c1. The summed E-state index contributed by atoms with van der Waals surface area (Å²) in [4.78, 5) is 30.9. The van der Waals surface area contributed by atoms with Crippen molar-refractivity contribution in [1.82, 2.24) is 15.3 Å². The summed E-state index contributed by atoms with van der Waals surface area (Å²) < 4.78 is 45.5. The summed E-state index contributed by atoms with van der Waals surface area (Å²) >= 11 is 0. The fourth-order valence-electron chi connectivity index (χ4n) is 3.14. The van der Waals surface area contributed by atoms with Gasteiger partial charge in [-0.1, -0.05) is 26.0 Å². The minimum atomic E-state index is -3.97. The van der Waals surface area contributed by atoms with Crippen molar-refractivity contribution in [2.45, 2.75) is 32.8 Å². The molecule has 0 aliphatic carbocycles. The van der Waals surface area contributed by atoms with Gasteiger partial charge < -0.3 is 26.0 Å². The van der Waals surface area contributed by atoms with Crippen LogP contribution in [0.5, 0.6) is 5.75 Å². The largest absolute Gasteiger partial charge is 0.482 e. The number of ether oxygens (including phenoxy) is 1. The topological polar surface area (TPSA) is 117 Å². The normalized spacial score (nSPS) is 13.2. The van der Waals surface area contributed by atoms with E-state index in [1.54, 1.807) is 19.2 Å². The van der Waals surface area contributed by atoms with E-state index in [-0.39, 0.29) is 34.8 Å². The minimum Gasteiger partial charge on any atom is -0.423 e. The van der Waals surface area contributed by atoms with Crippen LogP contribution in [0.1, 0.15) is 25.8 Å². The van der Waals surface area contributed by atoms with E-state index in [1.807, 2.05) is 31.3 Å². The molecule has 0 atom stereocenters. The van der Waals surface area contributed by atoms with Crippen LogP contribution in [0.25, 0.3) is 0 Å². The van der Waals surface area contributed by atoms with Crippen molar-refractivity contribution < 1.29 is 27.5 Å². The Morgan fingerprint density at radius 2 is 1.86 bits per heavy atom. The summed E-state index contributed by atoms with van der Waals surface area (Å²) in [5.41, 5.74) is 1.83. The summed E-state index contributed by atoms with van der Waals surface area (Å²) in [5, 5.41) is 10.3. The van der Waals surface area contributed by atoms with E-state index >= 15 is 0 Å². The molecule has 0 fully saturated rings. The monoisotopic (exact) mass is 502 g/mol. The molecule has 0 saturated carbocycles. The number of hydrogen-bond donors (Lipinski definition) is 4. The smallest absolute Gasteiger partial charge is 0.423 e. The number of carbonyl (C=O) groups is 2. The first-order chi connectivity index (χ1) is 17.2. The fourth-order valence-corrected chi connectivity index (χ4v) is 3.14. The second kappa shape index (κ2) is 11.4. The molecule has 0 spiro atoms. The maximum absolute atomic E-state index is 14.3. The molecule has 0 bridgehead atoms. The van der Waals surface area contributed by atoms with Crippen LogP contribution in [0.4, 0.5) is 42.0 Å². The van der Waals surface area contributed by atoms with E-state index in [4.69, 9.17) is 0 Å². The van der Waals surface area contributed by atoms with Crippen molar-refractivity contribution in [2.24, 2.45) is 0 Å². The Hall–Kier alpha value is -4.35. The molecule has 9 nitrogen and oxygen atoms in total. The Bertz CT molecular complexity index is 1260. The van der Waals surface area contributed by atoms with Gasteiger partial charge in [0.2, 0.25) is 11.9 Å². The number of hydrogen-bond acceptors (Lipinski definition) is 7. The molecule has 4 N–H and O–H groups in total. The molecule has 0 radical (unpaired) electrons. The van der Waals surface area contributed by atoms with Gasteiger partial charge in [0.05, 0.1) is 11.9 Å². The number of amides is 2. The van der Waals surface area contributed by atoms with Crippen LogP contribution in [-0.4, -0.2) is 34.9 Å². The summed E-state index contributed by atoms with van der Waals surface area (Å²) in [7, 11) is 1.57. The molecular formula is C24H25F3N6O3. The number of aryl methyl sites for hydroxylation is 1. The van der Waals surface area contributed by atoms with Gasteiger partial charge in [0.1, 0.15) is 0 Å². The highest BCUT2D eigenvalue weighted by Gasteiger charge is 2.46. The fraction of sp³-hybridized carbons (Fsp3) is 0.250. The van der Waals surface area contributed by atoms with Crippen LogP contribution in [0.3, 0.4) is 0 Å². The number of rotatable bonds is 7. The molecule has 1 aromatic heterocycles. The van der Waals surface area contributed by atoms with Crippen LogP contribution in [0.2, 0.25) is 0 Å². The second-order valence-corrected chi connectivity index (χ2v) is 7.30. The third-order valence-corrected chi connectivity index (χ3v) is 4.84. The number of anilines is 5. The Morgan fingerprint density at radius 3 is 2.61 bits per heavy atom. The van der Waals surface area contributed by atoms with Gasteiger partial charge >= 0.3 is 12.0 Å². The van der Waals surface area contributed by atoms with E-state index in [0.717, 1.165) is 11.8 Å². The number of carbonyl (C=O) groups excluding carboxylic acids is 2. The minimum absolute atomic E-state index is 0.00214. The maximum Gasteiger partial charge on any atom is 0.482 e. The average molecular weight is 502 g/mol. The number of fused-ring (bicyclic) bond motifs is 1. The van der Waals surface area contributed by atoms with Crippen LogP contribution in [-0.2, 0) is 16.0 Å². The van der Waals surface area contributed by atoms with E-state index in [9.17, 15) is 22.8 Å². The lowest BCUT2D eigenvalue weighted by Crippen LogP contribution is -2.43. The van der Waals surface area contributed by atoms with Crippen molar-refractivity contribution >= 4 is 40.6 Å². The first-order valence-electron chi connectivity index (χ1n) is 11.1. The molecule has 0 unspecified atom stereocenters. The molecule has 1 aliphatic heterocycles. The standard InChI is InChI=1S/C22H19F3N6O3.C2H6/c1-26-18(32)8-5-12-3-2-4-13(9-12)29-21-27-11-15(23)19(31-21)28-14-6-7-17-16(10-14)30-20(33)22(24,25)34-17;1-2/h2-4,6-7,9-11H,5,8H2,1H3,(H,26,32)(H,30,33)(H2,27,28,29,31);1-2H3. The molecule has 2 heterocycles. The summed E-state index contributed by atoms with van der Waals surface area (Å²) in [6, 6.07) is 11.2. The summed E-state index contributed by atoms with van der Waals surface area (Å²) in [5.74, 6) is -2.73. The van der Waals surface area contributed by atoms with Gasteiger partial charge in [0, 0.05) is 24.8 Å². The zero-order chi connectivity index (χ0) is 26.3. The molecule has 2 aromatic carbocycles. The first-order valence-corrected chi connectivity index (χ1v) is 11.1. The predicted octanol–water partition coefficient (Wildman–Crippen LogP) is 4.73. The lowest BCUT2D eigenvalue weighted by Gasteiger charge is -2.25. The molecule has 1 aliphatic rings. The summed E-state index contributed by atoms with van der Waals surface area (Å²) in [6.07, 6.45) is -2.13. The van der Waals surface area contributed by atoms with Crippen molar-refractivity contribution in [2.75, 3.05) is 23.0 Å². The van der Waals surface area contributed by atoms with Crippen molar-refractivity contribution in [1.29, 1.82) is 0 Å². The van der Waals surface area contributed by atoms with Crippen molar-refractivity contribution in [3.8, 4) is 5.75 Å². The van der Waals surface area contributed by atoms with Crippen LogP contribution in [0, 0.1) is 5.82 Å². The van der Waals surface area contributed by atoms with Crippen molar-refractivity contribution in [3.63, 3.8) is 0 Å². The van der Waals surface area contributed by atoms with Crippen molar-refractivity contribution in [3.05, 3.63) is 60.0 Å². The maximum atomic E-state index is 14.3. The van der Waals surface area contributed by atoms with Crippen LogP contribution >= 0.6 is 0 Å². The predicted molar refractivity (Wildman–Crippen MR) is 129 cm³/mol. The highest BCUT2D eigenvalue weighted by Crippen LogP contribution is 2.37. The number of alkyl halides is 2. The zero-order valence-corrected chi connectivity index (χ0v) is 19.8.